The van der Waals surface area contributed by atoms with Gasteiger partial charge in [0.1, 0.15) is 5.75 Å². The van der Waals surface area contributed by atoms with Gasteiger partial charge in [0.05, 0.1) is 12.7 Å². The minimum Gasteiger partial charge on any atom is -0.497 e. The first kappa shape index (κ1) is 19.1. The van der Waals surface area contributed by atoms with Crippen LogP contribution >= 0.6 is 12.4 Å². The van der Waals surface area contributed by atoms with Crippen molar-refractivity contribution >= 4 is 12.4 Å². The van der Waals surface area contributed by atoms with Crippen molar-refractivity contribution in [2.24, 2.45) is 5.73 Å². The average Bonchev–Trinajstić information content (AvgIpc) is 2.37. The molecule has 1 atom stereocenters. The Kier molecular flexibility index (Phi) is 7.98. The van der Waals surface area contributed by atoms with E-state index in [9.17, 15) is 13.2 Å². The van der Waals surface area contributed by atoms with Crippen molar-refractivity contribution in [3.8, 4) is 5.75 Å². The number of hydrogen-bond donors (Lipinski definition) is 1. The summed E-state index contributed by atoms with van der Waals surface area (Å²) in [6.07, 6.45) is -1.02. The molecule has 0 saturated heterocycles. The number of methoxy groups -OCH3 is 1. The maximum absolute atomic E-state index is 13.0. The molecule has 0 saturated carbocycles. The van der Waals surface area contributed by atoms with Gasteiger partial charge in [-0.15, -0.1) is 12.4 Å². The first-order chi connectivity index (χ1) is 8.90. The first-order valence-corrected chi connectivity index (χ1v) is 6.40. The fraction of sp³-hybridized carbons (Fsp3) is 0.571. The molecular formula is C14H21ClF3NO. The lowest BCUT2D eigenvalue weighted by atomic mass is 9.96. The molecule has 0 aliphatic heterocycles. The third kappa shape index (κ3) is 5.21. The Bertz CT molecular complexity index is 410. The Morgan fingerprint density at radius 1 is 1.25 bits per heavy atom. The van der Waals surface area contributed by atoms with Gasteiger partial charge >= 0.3 is 6.18 Å². The molecule has 0 spiro atoms. The summed E-state index contributed by atoms with van der Waals surface area (Å²) in [4.78, 5) is 0. The van der Waals surface area contributed by atoms with Crippen molar-refractivity contribution in [3.63, 3.8) is 0 Å². The van der Waals surface area contributed by atoms with Crippen molar-refractivity contribution in [2.75, 3.05) is 7.11 Å². The van der Waals surface area contributed by atoms with E-state index in [1.165, 1.54) is 19.2 Å². The normalized spacial score (nSPS) is 12.7. The maximum Gasteiger partial charge on any atom is 0.416 e. The zero-order chi connectivity index (χ0) is 14.5. The largest absolute Gasteiger partial charge is 0.497 e. The van der Waals surface area contributed by atoms with E-state index in [1.807, 2.05) is 6.92 Å². The van der Waals surface area contributed by atoms with Crippen LogP contribution in [0.15, 0.2) is 18.2 Å². The van der Waals surface area contributed by atoms with Crippen LogP contribution in [0.5, 0.6) is 5.75 Å². The van der Waals surface area contributed by atoms with E-state index in [0.29, 0.717) is 6.42 Å². The van der Waals surface area contributed by atoms with Crippen LogP contribution in [0.4, 0.5) is 13.2 Å². The molecule has 116 valence electrons. The lowest BCUT2D eigenvalue weighted by Crippen LogP contribution is -2.17. The highest BCUT2D eigenvalue weighted by Crippen LogP contribution is 2.37. The predicted octanol–water partition coefficient (Wildman–Crippen LogP) is 4.72. The van der Waals surface area contributed by atoms with E-state index < -0.39 is 17.8 Å². The van der Waals surface area contributed by atoms with Crippen LogP contribution in [-0.4, -0.2) is 7.11 Å². The summed E-state index contributed by atoms with van der Waals surface area (Å²) in [5.41, 5.74) is 5.33. The van der Waals surface area contributed by atoms with Crippen LogP contribution in [0.2, 0.25) is 0 Å². The Hall–Kier alpha value is -0.940. The summed E-state index contributed by atoms with van der Waals surface area (Å²) in [7, 11) is 1.34. The van der Waals surface area contributed by atoms with Gasteiger partial charge in [0.2, 0.25) is 0 Å². The van der Waals surface area contributed by atoms with E-state index in [0.717, 1.165) is 25.3 Å². The standard InChI is InChI=1S/C14H20F3NO.ClH/c1-3-4-5-6-13(18)11-8-7-10(19-2)9-12(11)14(15,16)17;/h7-9,13H,3-6,18H2,1-2H3;1H/t13-;/m1./s1. The molecule has 0 bridgehead atoms. The molecule has 0 radical (unpaired) electrons. The number of alkyl halides is 3. The Balaban J connectivity index is 0.00000361. The summed E-state index contributed by atoms with van der Waals surface area (Å²) < 4.78 is 43.8. The number of ether oxygens (including phenoxy) is 1. The molecule has 0 heterocycles. The third-order valence-electron chi connectivity index (χ3n) is 3.08. The second-order valence-corrected chi connectivity index (χ2v) is 4.55. The number of benzene rings is 1. The quantitative estimate of drug-likeness (QED) is 0.772. The van der Waals surface area contributed by atoms with Gasteiger partial charge in [0.15, 0.2) is 0 Å². The fourth-order valence-electron chi connectivity index (χ4n) is 2.00. The third-order valence-corrected chi connectivity index (χ3v) is 3.08. The number of halogens is 4. The molecule has 2 N–H and O–H groups in total. The number of rotatable bonds is 6. The maximum atomic E-state index is 13.0. The monoisotopic (exact) mass is 311 g/mol. The summed E-state index contributed by atoms with van der Waals surface area (Å²) in [5, 5.41) is 0. The van der Waals surface area contributed by atoms with Gasteiger partial charge in [-0.05, 0) is 24.1 Å². The summed E-state index contributed by atoms with van der Waals surface area (Å²) in [5.74, 6) is 0.192. The van der Waals surface area contributed by atoms with E-state index in [1.54, 1.807) is 0 Å². The van der Waals surface area contributed by atoms with Crippen LogP contribution in [0, 0.1) is 0 Å². The Morgan fingerprint density at radius 2 is 1.90 bits per heavy atom. The first-order valence-electron chi connectivity index (χ1n) is 6.40. The van der Waals surface area contributed by atoms with Crippen LogP contribution in [-0.2, 0) is 6.18 Å². The minimum atomic E-state index is -4.41. The van der Waals surface area contributed by atoms with E-state index in [-0.39, 0.29) is 23.7 Å². The second-order valence-electron chi connectivity index (χ2n) is 4.55. The molecule has 0 unspecified atom stereocenters. The van der Waals surface area contributed by atoms with Crippen molar-refractivity contribution in [3.05, 3.63) is 29.3 Å². The molecule has 0 aliphatic carbocycles. The van der Waals surface area contributed by atoms with Gasteiger partial charge in [0, 0.05) is 6.04 Å². The summed E-state index contributed by atoms with van der Waals surface area (Å²) in [6.45, 7) is 2.04. The SMILES string of the molecule is CCCCC[C@@H](N)c1ccc(OC)cc1C(F)(F)F.Cl. The van der Waals surface area contributed by atoms with Gasteiger partial charge in [-0.2, -0.15) is 13.2 Å². The Labute approximate surface area is 123 Å². The van der Waals surface area contributed by atoms with Crippen molar-refractivity contribution in [1.82, 2.24) is 0 Å². The lowest BCUT2D eigenvalue weighted by molar-refractivity contribution is -0.138. The zero-order valence-electron chi connectivity index (χ0n) is 11.7. The van der Waals surface area contributed by atoms with E-state index in [4.69, 9.17) is 10.5 Å². The Morgan fingerprint density at radius 3 is 2.40 bits per heavy atom. The molecule has 20 heavy (non-hydrogen) atoms. The van der Waals surface area contributed by atoms with Crippen LogP contribution in [0.25, 0.3) is 0 Å². The van der Waals surface area contributed by atoms with Gasteiger partial charge < -0.3 is 10.5 Å². The summed E-state index contributed by atoms with van der Waals surface area (Å²) in [6, 6.07) is 3.35. The molecule has 1 rings (SSSR count). The molecule has 0 aromatic heterocycles. The number of unbranched alkanes of at least 4 members (excludes halogenated alkanes) is 2. The van der Waals surface area contributed by atoms with Gasteiger partial charge in [0.25, 0.3) is 0 Å². The lowest BCUT2D eigenvalue weighted by Gasteiger charge is -2.19. The van der Waals surface area contributed by atoms with Gasteiger partial charge in [-0.25, -0.2) is 0 Å². The van der Waals surface area contributed by atoms with Crippen molar-refractivity contribution in [2.45, 2.75) is 44.8 Å². The highest BCUT2D eigenvalue weighted by molar-refractivity contribution is 5.85. The van der Waals surface area contributed by atoms with Gasteiger partial charge in [-0.1, -0.05) is 32.3 Å². The molecular weight excluding hydrogens is 291 g/mol. The topological polar surface area (TPSA) is 35.2 Å². The highest BCUT2D eigenvalue weighted by atomic mass is 35.5. The molecule has 0 amide bonds. The van der Waals surface area contributed by atoms with Crippen molar-refractivity contribution in [1.29, 1.82) is 0 Å². The van der Waals surface area contributed by atoms with Crippen LogP contribution in [0.3, 0.4) is 0 Å². The summed E-state index contributed by atoms with van der Waals surface area (Å²) >= 11 is 0. The van der Waals surface area contributed by atoms with Crippen LogP contribution < -0.4 is 10.5 Å². The van der Waals surface area contributed by atoms with Crippen LogP contribution in [0.1, 0.15) is 49.8 Å². The average molecular weight is 312 g/mol. The molecule has 1 aromatic carbocycles. The van der Waals surface area contributed by atoms with Crippen molar-refractivity contribution < 1.29 is 17.9 Å². The number of nitrogens with two attached hydrogens (primary N) is 1. The smallest absolute Gasteiger partial charge is 0.416 e. The molecule has 0 fully saturated rings. The van der Waals surface area contributed by atoms with Gasteiger partial charge in [-0.3, -0.25) is 0 Å². The van der Waals surface area contributed by atoms with E-state index >= 15 is 0 Å². The number of hydrogen-bond acceptors (Lipinski definition) is 2. The molecule has 0 aliphatic rings. The molecule has 6 heteroatoms. The molecule has 2 nitrogen and oxygen atoms in total. The fourth-order valence-corrected chi connectivity index (χ4v) is 2.00. The minimum absolute atomic E-state index is 0. The zero-order valence-corrected chi connectivity index (χ0v) is 12.5. The second kappa shape index (κ2) is 8.37. The predicted molar refractivity (Wildman–Crippen MR) is 76.3 cm³/mol. The van der Waals surface area contributed by atoms with E-state index in [2.05, 4.69) is 0 Å². The highest BCUT2D eigenvalue weighted by Gasteiger charge is 2.35. The molecule has 1 aromatic rings.